The largest absolute Gasteiger partial charge is 0.462 e. The van der Waals surface area contributed by atoms with Gasteiger partial charge in [0.25, 0.3) is 0 Å². The van der Waals surface area contributed by atoms with E-state index in [1.54, 1.807) is 25.1 Å². The minimum Gasteiger partial charge on any atom is -0.462 e. The van der Waals surface area contributed by atoms with Crippen LogP contribution in [0, 0.1) is 0 Å². The molecule has 1 aliphatic heterocycles. The Morgan fingerprint density at radius 1 is 1.55 bits per heavy atom. The summed E-state index contributed by atoms with van der Waals surface area (Å²) in [7, 11) is 0. The molecule has 0 aromatic heterocycles. The third-order valence-corrected chi connectivity index (χ3v) is 3.80. The molecule has 0 amide bonds. The van der Waals surface area contributed by atoms with Crippen LogP contribution in [-0.4, -0.2) is 36.9 Å². The first-order chi connectivity index (χ1) is 10.6. The molecule has 1 aromatic rings. The Kier molecular flexibility index (Phi) is 6.42. The van der Waals surface area contributed by atoms with Crippen LogP contribution in [0.3, 0.4) is 0 Å². The summed E-state index contributed by atoms with van der Waals surface area (Å²) in [6, 6.07) is 5.00. The van der Waals surface area contributed by atoms with Crippen molar-refractivity contribution >= 4 is 40.6 Å². The predicted molar refractivity (Wildman–Crippen MR) is 90.6 cm³/mol. The van der Waals surface area contributed by atoms with Crippen molar-refractivity contribution in [3.05, 3.63) is 28.8 Å². The van der Waals surface area contributed by atoms with Gasteiger partial charge in [0.1, 0.15) is 0 Å². The van der Waals surface area contributed by atoms with E-state index < -0.39 is 5.97 Å². The Morgan fingerprint density at radius 3 is 3.00 bits per heavy atom. The molecule has 7 heteroatoms. The fraction of sp³-hybridized carbons (Fsp3) is 0.467. The molecule has 0 spiro atoms. The molecule has 0 radical (unpaired) electrons. The predicted octanol–water partition coefficient (Wildman–Crippen LogP) is 2.98. The molecule has 1 atom stereocenters. The average Bonchev–Trinajstić information content (AvgIpc) is 2.98. The number of hydrogen-bond donors (Lipinski definition) is 2. The molecule has 1 heterocycles. The molecule has 0 saturated carbocycles. The zero-order valence-electron chi connectivity index (χ0n) is 12.4. The summed E-state index contributed by atoms with van der Waals surface area (Å²) < 4.78 is 10.4. The highest BCUT2D eigenvalue weighted by atomic mass is 35.5. The van der Waals surface area contributed by atoms with Crippen LogP contribution in [0.4, 0.5) is 5.69 Å². The molecule has 0 aliphatic carbocycles. The Morgan fingerprint density at radius 2 is 2.36 bits per heavy atom. The van der Waals surface area contributed by atoms with Crippen LogP contribution < -0.4 is 10.6 Å². The van der Waals surface area contributed by atoms with E-state index in [1.807, 2.05) is 0 Å². The Labute approximate surface area is 140 Å². The summed E-state index contributed by atoms with van der Waals surface area (Å²) in [6.07, 6.45) is 2.36. The van der Waals surface area contributed by atoms with Crippen molar-refractivity contribution in [3.63, 3.8) is 0 Å². The third kappa shape index (κ3) is 4.83. The van der Waals surface area contributed by atoms with E-state index in [1.165, 1.54) is 0 Å². The third-order valence-electron chi connectivity index (χ3n) is 3.24. The number of carbonyl (C=O) groups is 1. The fourth-order valence-corrected chi connectivity index (χ4v) is 2.61. The summed E-state index contributed by atoms with van der Waals surface area (Å²) >= 11 is 11.3. The van der Waals surface area contributed by atoms with Crippen molar-refractivity contribution < 1.29 is 14.3 Å². The number of anilines is 1. The summed E-state index contributed by atoms with van der Waals surface area (Å²) in [6.45, 7) is 3.56. The summed E-state index contributed by atoms with van der Waals surface area (Å²) in [4.78, 5) is 11.7. The highest BCUT2D eigenvalue weighted by molar-refractivity contribution is 7.80. The van der Waals surface area contributed by atoms with E-state index in [2.05, 4.69) is 10.6 Å². The number of ether oxygens (including phenoxy) is 2. The second-order valence-electron chi connectivity index (χ2n) is 4.89. The van der Waals surface area contributed by atoms with Crippen molar-refractivity contribution in [2.75, 3.05) is 25.1 Å². The monoisotopic (exact) mass is 342 g/mol. The van der Waals surface area contributed by atoms with Gasteiger partial charge in [0, 0.05) is 18.8 Å². The topological polar surface area (TPSA) is 59.6 Å². The van der Waals surface area contributed by atoms with Gasteiger partial charge in [-0.25, -0.2) is 4.79 Å². The maximum atomic E-state index is 11.7. The molecule has 1 aliphatic rings. The first kappa shape index (κ1) is 17.0. The smallest absolute Gasteiger partial charge is 0.339 e. The lowest BCUT2D eigenvalue weighted by molar-refractivity contribution is 0.0526. The molecule has 1 aromatic carbocycles. The minimum absolute atomic E-state index is 0.217. The highest BCUT2D eigenvalue weighted by Gasteiger charge is 2.16. The van der Waals surface area contributed by atoms with Gasteiger partial charge in [-0.2, -0.15) is 0 Å². The summed E-state index contributed by atoms with van der Waals surface area (Å²) in [5, 5.41) is 6.96. The van der Waals surface area contributed by atoms with Gasteiger partial charge >= 0.3 is 5.97 Å². The van der Waals surface area contributed by atoms with Gasteiger partial charge in [0.05, 0.1) is 23.3 Å². The lowest BCUT2D eigenvalue weighted by Gasteiger charge is -2.14. The Hall–Kier alpha value is -1.37. The number of halogens is 1. The number of rotatable bonds is 5. The zero-order valence-corrected chi connectivity index (χ0v) is 13.9. The average molecular weight is 343 g/mol. The van der Waals surface area contributed by atoms with Gasteiger partial charge < -0.3 is 20.1 Å². The van der Waals surface area contributed by atoms with Crippen molar-refractivity contribution in [2.24, 2.45) is 0 Å². The molecule has 0 bridgehead atoms. The Balaban J connectivity index is 1.88. The van der Waals surface area contributed by atoms with Crippen LogP contribution in [-0.2, 0) is 9.47 Å². The molecule has 22 heavy (non-hydrogen) atoms. The first-order valence-corrected chi connectivity index (χ1v) is 8.02. The molecular weight excluding hydrogens is 324 g/mol. The van der Waals surface area contributed by atoms with Crippen molar-refractivity contribution in [2.45, 2.75) is 25.9 Å². The standard InChI is InChI=1S/C15H19ClN2O3S/c1-2-20-14(19)12-6-5-10(8-13(12)16)18-15(22)17-9-11-4-3-7-21-11/h5-6,8,11H,2-4,7,9H2,1H3,(H2,17,18,22)/t11-/m1/s1. The molecule has 2 rings (SSSR count). The van der Waals surface area contributed by atoms with E-state index in [4.69, 9.17) is 33.3 Å². The fourth-order valence-electron chi connectivity index (χ4n) is 2.15. The van der Waals surface area contributed by atoms with Gasteiger partial charge in [-0.05, 0) is 50.2 Å². The van der Waals surface area contributed by atoms with E-state index >= 15 is 0 Å². The second-order valence-corrected chi connectivity index (χ2v) is 5.70. The van der Waals surface area contributed by atoms with Crippen LogP contribution in [0.15, 0.2) is 18.2 Å². The normalized spacial score (nSPS) is 17.1. The van der Waals surface area contributed by atoms with Gasteiger partial charge in [-0.3, -0.25) is 0 Å². The first-order valence-electron chi connectivity index (χ1n) is 7.23. The van der Waals surface area contributed by atoms with Crippen LogP contribution in [0.5, 0.6) is 0 Å². The van der Waals surface area contributed by atoms with Crippen molar-refractivity contribution in [1.29, 1.82) is 0 Å². The SMILES string of the molecule is CCOC(=O)c1ccc(NC(=S)NC[C@H]2CCCO2)cc1Cl. The molecule has 0 unspecified atom stereocenters. The molecule has 1 fully saturated rings. The number of hydrogen-bond acceptors (Lipinski definition) is 4. The number of benzene rings is 1. The molecule has 1 saturated heterocycles. The Bertz CT molecular complexity index is 548. The van der Waals surface area contributed by atoms with Crippen LogP contribution in [0.2, 0.25) is 5.02 Å². The second kappa shape index (κ2) is 8.31. The maximum absolute atomic E-state index is 11.7. The van der Waals surface area contributed by atoms with E-state index in [0.717, 1.165) is 19.4 Å². The van der Waals surface area contributed by atoms with Crippen LogP contribution in [0.25, 0.3) is 0 Å². The highest BCUT2D eigenvalue weighted by Crippen LogP contribution is 2.22. The quantitative estimate of drug-likeness (QED) is 0.633. The van der Waals surface area contributed by atoms with Gasteiger partial charge in [0.15, 0.2) is 5.11 Å². The van der Waals surface area contributed by atoms with Gasteiger partial charge in [-0.1, -0.05) is 11.6 Å². The summed E-state index contributed by atoms with van der Waals surface area (Å²) in [5.41, 5.74) is 1.05. The van der Waals surface area contributed by atoms with Crippen LogP contribution in [0.1, 0.15) is 30.1 Å². The van der Waals surface area contributed by atoms with Crippen molar-refractivity contribution in [3.8, 4) is 0 Å². The van der Waals surface area contributed by atoms with Gasteiger partial charge in [0.2, 0.25) is 0 Å². The lowest BCUT2D eigenvalue weighted by Crippen LogP contribution is -2.34. The minimum atomic E-state index is -0.432. The van der Waals surface area contributed by atoms with E-state index in [9.17, 15) is 4.79 Å². The van der Waals surface area contributed by atoms with Gasteiger partial charge in [-0.15, -0.1) is 0 Å². The maximum Gasteiger partial charge on any atom is 0.339 e. The molecule has 120 valence electrons. The molecular formula is C15H19ClN2O3S. The van der Waals surface area contributed by atoms with E-state index in [-0.39, 0.29) is 6.10 Å². The van der Waals surface area contributed by atoms with E-state index in [0.29, 0.717) is 34.5 Å². The van der Waals surface area contributed by atoms with Crippen molar-refractivity contribution in [1.82, 2.24) is 5.32 Å². The molecule has 2 N–H and O–H groups in total. The molecule has 5 nitrogen and oxygen atoms in total. The number of esters is 1. The van der Waals surface area contributed by atoms with Crippen LogP contribution >= 0.6 is 23.8 Å². The lowest BCUT2D eigenvalue weighted by atomic mass is 10.2. The summed E-state index contributed by atoms with van der Waals surface area (Å²) in [5.74, 6) is -0.432. The zero-order chi connectivity index (χ0) is 15.9. The number of nitrogens with one attached hydrogen (secondary N) is 2. The number of thiocarbonyl (C=S) groups is 1. The number of carbonyl (C=O) groups excluding carboxylic acids is 1.